The molecule has 0 aliphatic heterocycles. The second kappa shape index (κ2) is 6.96. The van der Waals surface area contributed by atoms with Crippen molar-refractivity contribution in [3.05, 3.63) is 39.9 Å². The molecular weight excluding hydrogens is 313 g/mol. The van der Waals surface area contributed by atoms with Gasteiger partial charge in [0.25, 0.3) is 5.91 Å². The highest BCUT2D eigenvalue weighted by Gasteiger charge is 2.26. The first kappa shape index (κ1) is 15.9. The van der Waals surface area contributed by atoms with Gasteiger partial charge in [-0.3, -0.25) is 4.79 Å². The summed E-state index contributed by atoms with van der Waals surface area (Å²) in [4.78, 5) is 23.3. The summed E-state index contributed by atoms with van der Waals surface area (Å²) in [5.74, 6) is -0.903. The number of benzene rings is 1. The molecule has 1 aliphatic carbocycles. The summed E-state index contributed by atoms with van der Waals surface area (Å²) in [6.07, 6.45) is 3.81. The summed E-state index contributed by atoms with van der Waals surface area (Å²) in [5, 5.41) is 3.64. The van der Waals surface area contributed by atoms with Gasteiger partial charge in [0.1, 0.15) is 0 Å². The first-order chi connectivity index (χ1) is 9.97. The molecule has 4 nitrogen and oxygen atoms in total. The lowest BCUT2D eigenvalue weighted by Crippen LogP contribution is -2.36. The Bertz CT molecular complexity index is 562. The van der Waals surface area contributed by atoms with Crippen molar-refractivity contribution in [2.24, 2.45) is 0 Å². The van der Waals surface area contributed by atoms with Gasteiger partial charge >= 0.3 is 5.97 Å². The minimum atomic E-state index is -0.829. The molecule has 112 valence electrons. The van der Waals surface area contributed by atoms with Crippen LogP contribution in [0.5, 0.6) is 0 Å². The Balaban J connectivity index is 1.91. The molecule has 1 amide bonds. The first-order valence-corrected chi connectivity index (χ1v) is 7.36. The van der Waals surface area contributed by atoms with Crippen LogP contribution in [0.1, 0.15) is 25.3 Å². The number of nitrogens with one attached hydrogen (secondary N) is 1. The molecule has 0 spiro atoms. The zero-order chi connectivity index (χ0) is 15.4. The SMILES string of the molecule is C[C@@H](OC(=O)/C=C/c1c(Cl)cccc1Cl)C(=O)NC1CC1. The first-order valence-electron chi connectivity index (χ1n) is 6.60. The zero-order valence-electron chi connectivity index (χ0n) is 11.4. The second-order valence-electron chi connectivity index (χ2n) is 4.83. The van der Waals surface area contributed by atoms with Crippen LogP contribution in [0.15, 0.2) is 24.3 Å². The fraction of sp³-hybridized carbons (Fsp3) is 0.333. The van der Waals surface area contributed by atoms with Crippen molar-refractivity contribution in [3.8, 4) is 0 Å². The van der Waals surface area contributed by atoms with Crippen molar-refractivity contribution in [1.29, 1.82) is 0 Å². The lowest BCUT2D eigenvalue weighted by molar-refractivity contribution is -0.150. The molecular formula is C15H15Cl2NO3. The third kappa shape index (κ3) is 4.76. The third-order valence-corrected chi connectivity index (χ3v) is 3.63. The van der Waals surface area contributed by atoms with Crippen LogP contribution in [-0.2, 0) is 14.3 Å². The van der Waals surface area contributed by atoms with Crippen molar-refractivity contribution in [1.82, 2.24) is 5.32 Å². The van der Waals surface area contributed by atoms with Crippen LogP contribution in [0, 0.1) is 0 Å². The molecule has 1 saturated carbocycles. The van der Waals surface area contributed by atoms with E-state index in [1.807, 2.05) is 0 Å². The summed E-state index contributed by atoms with van der Waals surface area (Å²) in [6.45, 7) is 1.53. The van der Waals surface area contributed by atoms with E-state index >= 15 is 0 Å². The van der Waals surface area contributed by atoms with Gasteiger partial charge in [-0.05, 0) is 38.0 Å². The number of ether oxygens (including phenoxy) is 1. The Morgan fingerprint density at radius 3 is 2.52 bits per heavy atom. The average molecular weight is 328 g/mol. The van der Waals surface area contributed by atoms with Crippen molar-refractivity contribution < 1.29 is 14.3 Å². The van der Waals surface area contributed by atoms with Gasteiger partial charge in [0.05, 0.1) is 0 Å². The van der Waals surface area contributed by atoms with E-state index in [0.29, 0.717) is 15.6 Å². The maximum atomic E-state index is 11.7. The van der Waals surface area contributed by atoms with Gasteiger partial charge < -0.3 is 10.1 Å². The molecule has 1 fully saturated rings. The number of rotatable bonds is 5. The molecule has 0 saturated heterocycles. The molecule has 0 radical (unpaired) electrons. The zero-order valence-corrected chi connectivity index (χ0v) is 12.9. The fourth-order valence-electron chi connectivity index (χ4n) is 1.63. The van der Waals surface area contributed by atoms with E-state index in [-0.39, 0.29) is 11.9 Å². The van der Waals surface area contributed by atoms with Crippen LogP contribution in [0.25, 0.3) is 6.08 Å². The van der Waals surface area contributed by atoms with Gasteiger partial charge in [-0.15, -0.1) is 0 Å². The molecule has 1 aliphatic rings. The van der Waals surface area contributed by atoms with Crippen LogP contribution in [0.3, 0.4) is 0 Å². The molecule has 21 heavy (non-hydrogen) atoms. The van der Waals surface area contributed by atoms with E-state index in [4.69, 9.17) is 27.9 Å². The molecule has 0 aromatic heterocycles. The molecule has 1 atom stereocenters. The number of carbonyl (C=O) groups excluding carboxylic acids is 2. The topological polar surface area (TPSA) is 55.4 Å². The number of hydrogen-bond donors (Lipinski definition) is 1. The highest BCUT2D eigenvalue weighted by Crippen LogP contribution is 2.25. The minimum Gasteiger partial charge on any atom is -0.449 e. The van der Waals surface area contributed by atoms with Crippen molar-refractivity contribution >= 4 is 41.2 Å². The molecule has 6 heteroatoms. The van der Waals surface area contributed by atoms with Gasteiger partial charge in [0.15, 0.2) is 6.10 Å². The lowest BCUT2D eigenvalue weighted by atomic mass is 10.2. The van der Waals surface area contributed by atoms with Gasteiger partial charge in [0.2, 0.25) is 0 Å². The van der Waals surface area contributed by atoms with E-state index in [1.165, 1.54) is 19.1 Å². The Kier molecular flexibility index (Phi) is 5.26. The Labute approximate surface area is 133 Å². The minimum absolute atomic E-state index is 0.233. The Hall–Kier alpha value is -1.52. The van der Waals surface area contributed by atoms with E-state index in [0.717, 1.165) is 12.8 Å². The monoisotopic (exact) mass is 327 g/mol. The molecule has 0 unspecified atom stereocenters. The molecule has 0 bridgehead atoms. The predicted octanol–water partition coefficient (Wildman–Crippen LogP) is 3.22. The summed E-state index contributed by atoms with van der Waals surface area (Å²) >= 11 is 12.0. The Morgan fingerprint density at radius 2 is 1.95 bits per heavy atom. The number of amides is 1. The van der Waals surface area contributed by atoms with Crippen molar-refractivity contribution in [2.45, 2.75) is 31.9 Å². The summed E-state index contributed by atoms with van der Waals surface area (Å²) < 4.78 is 5.02. The fourth-order valence-corrected chi connectivity index (χ4v) is 2.16. The van der Waals surface area contributed by atoms with E-state index in [1.54, 1.807) is 18.2 Å². The van der Waals surface area contributed by atoms with Crippen LogP contribution < -0.4 is 5.32 Å². The summed E-state index contributed by atoms with van der Waals surface area (Å²) in [6, 6.07) is 5.29. The van der Waals surface area contributed by atoms with Crippen LogP contribution >= 0.6 is 23.2 Å². The maximum absolute atomic E-state index is 11.7. The van der Waals surface area contributed by atoms with Gasteiger partial charge in [-0.25, -0.2) is 4.79 Å². The van der Waals surface area contributed by atoms with Gasteiger partial charge in [0, 0.05) is 27.7 Å². The number of carbonyl (C=O) groups is 2. The quantitative estimate of drug-likeness (QED) is 0.667. The lowest BCUT2D eigenvalue weighted by Gasteiger charge is -2.11. The van der Waals surface area contributed by atoms with E-state index in [9.17, 15) is 9.59 Å². The number of esters is 1. The van der Waals surface area contributed by atoms with Crippen LogP contribution in [0.4, 0.5) is 0 Å². The normalized spacial score (nSPS) is 15.8. The molecule has 0 heterocycles. The van der Waals surface area contributed by atoms with Crippen LogP contribution in [-0.4, -0.2) is 24.0 Å². The molecule has 1 N–H and O–H groups in total. The summed E-state index contributed by atoms with van der Waals surface area (Å²) in [5.41, 5.74) is 0.535. The number of halogens is 2. The predicted molar refractivity (Wildman–Crippen MR) is 82.2 cm³/mol. The Morgan fingerprint density at radius 1 is 1.33 bits per heavy atom. The largest absolute Gasteiger partial charge is 0.449 e. The highest BCUT2D eigenvalue weighted by atomic mass is 35.5. The van der Waals surface area contributed by atoms with Gasteiger partial charge in [-0.1, -0.05) is 29.3 Å². The maximum Gasteiger partial charge on any atom is 0.331 e. The van der Waals surface area contributed by atoms with E-state index < -0.39 is 12.1 Å². The molecule has 2 rings (SSSR count). The van der Waals surface area contributed by atoms with Crippen molar-refractivity contribution in [3.63, 3.8) is 0 Å². The molecule has 1 aromatic rings. The van der Waals surface area contributed by atoms with Gasteiger partial charge in [-0.2, -0.15) is 0 Å². The summed E-state index contributed by atoms with van der Waals surface area (Å²) in [7, 11) is 0. The van der Waals surface area contributed by atoms with Crippen LogP contribution in [0.2, 0.25) is 10.0 Å². The standard InChI is InChI=1S/C15H15Cl2NO3/c1-9(15(20)18-10-5-6-10)21-14(19)8-7-11-12(16)3-2-4-13(11)17/h2-4,7-10H,5-6H2,1H3,(H,18,20)/b8-7+/t9-/m1/s1. The smallest absolute Gasteiger partial charge is 0.331 e. The second-order valence-corrected chi connectivity index (χ2v) is 5.65. The molecule has 1 aromatic carbocycles. The van der Waals surface area contributed by atoms with Crippen molar-refractivity contribution in [2.75, 3.05) is 0 Å². The average Bonchev–Trinajstić information content (AvgIpc) is 3.22. The number of hydrogen-bond acceptors (Lipinski definition) is 3. The third-order valence-electron chi connectivity index (χ3n) is 2.97. The highest BCUT2D eigenvalue weighted by molar-refractivity contribution is 6.37. The van der Waals surface area contributed by atoms with E-state index in [2.05, 4.69) is 5.32 Å².